The topological polar surface area (TPSA) is 15.6 Å². The predicted octanol–water partition coefficient (Wildman–Crippen LogP) is 5.86. The molecule has 2 nitrogen and oxygen atoms in total. The van der Waals surface area contributed by atoms with E-state index >= 15 is 0 Å². The molecule has 0 bridgehead atoms. The van der Waals surface area contributed by atoms with Crippen molar-refractivity contribution < 1.29 is 0 Å². The van der Waals surface area contributed by atoms with Crippen LogP contribution in [0.1, 0.15) is 56.7 Å². The van der Waals surface area contributed by atoms with E-state index in [0.717, 1.165) is 12.2 Å². The average molecular weight is 320 g/mol. The van der Waals surface area contributed by atoms with Gasteiger partial charge in [-0.25, -0.2) is 0 Å². The normalized spacial score (nSPS) is 19.5. The van der Waals surface area contributed by atoms with Gasteiger partial charge in [-0.15, -0.1) is 0 Å². The van der Waals surface area contributed by atoms with Crippen LogP contribution in [-0.4, -0.2) is 18.3 Å². The van der Waals surface area contributed by atoms with Crippen LogP contribution >= 0.6 is 0 Å². The Morgan fingerprint density at radius 2 is 1.92 bits per heavy atom. The summed E-state index contributed by atoms with van der Waals surface area (Å²) in [7, 11) is 0. The zero-order valence-electron chi connectivity index (χ0n) is 15.5. The molecule has 0 fully saturated rings. The van der Waals surface area contributed by atoms with E-state index in [4.69, 9.17) is 0 Å². The summed E-state index contributed by atoms with van der Waals surface area (Å²) in [6, 6.07) is 14.8. The largest absolute Gasteiger partial charge is 0.366 e. The van der Waals surface area contributed by atoms with Gasteiger partial charge in [-0.2, -0.15) is 0 Å². The van der Waals surface area contributed by atoms with E-state index in [9.17, 15) is 0 Å². The molecular formula is C22H28N2. The van der Waals surface area contributed by atoms with E-state index in [1.807, 2.05) is 36.5 Å². The fourth-order valence-electron chi connectivity index (χ4n) is 4.05. The van der Waals surface area contributed by atoms with E-state index in [-0.39, 0.29) is 5.54 Å². The van der Waals surface area contributed by atoms with Gasteiger partial charge in [0.05, 0.1) is 5.69 Å². The van der Waals surface area contributed by atoms with E-state index in [0.29, 0.717) is 5.92 Å². The summed E-state index contributed by atoms with van der Waals surface area (Å²) in [5.41, 5.74) is 6.58. The van der Waals surface area contributed by atoms with E-state index < -0.39 is 0 Å². The second-order valence-corrected chi connectivity index (χ2v) is 7.52. The molecular weight excluding hydrogens is 292 g/mol. The lowest BCUT2D eigenvalue weighted by atomic mass is 9.79. The average Bonchev–Trinajstić information content (AvgIpc) is 2.54. The van der Waals surface area contributed by atoms with Crippen LogP contribution in [0, 0.1) is 6.92 Å². The minimum Gasteiger partial charge on any atom is -0.366 e. The maximum atomic E-state index is 4.64. The summed E-state index contributed by atoms with van der Waals surface area (Å²) in [5, 5.41) is 0. The maximum absolute atomic E-state index is 4.64. The lowest BCUT2D eigenvalue weighted by Crippen LogP contribution is -2.48. The lowest BCUT2D eigenvalue weighted by Gasteiger charge is -2.47. The van der Waals surface area contributed by atoms with Crippen molar-refractivity contribution in [2.75, 3.05) is 11.4 Å². The molecule has 0 unspecified atom stereocenters. The van der Waals surface area contributed by atoms with Gasteiger partial charge in [0.2, 0.25) is 0 Å². The first kappa shape index (κ1) is 16.8. The molecule has 0 radical (unpaired) electrons. The van der Waals surface area contributed by atoms with Crippen molar-refractivity contribution in [3.05, 3.63) is 59.2 Å². The molecule has 0 aliphatic carbocycles. The first-order valence-corrected chi connectivity index (χ1v) is 8.93. The summed E-state index contributed by atoms with van der Waals surface area (Å²) in [5.74, 6) is 0.572. The quantitative estimate of drug-likeness (QED) is 0.647. The predicted molar refractivity (Wildman–Crippen MR) is 105 cm³/mol. The highest BCUT2D eigenvalue weighted by molar-refractivity contribution is 5.86. The molecule has 0 amide bonds. The van der Waals surface area contributed by atoms with Gasteiger partial charge in [-0.3, -0.25) is 4.99 Å². The molecule has 1 heterocycles. The van der Waals surface area contributed by atoms with Crippen LogP contribution in [0.4, 0.5) is 11.4 Å². The van der Waals surface area contributed by atoms with E-state index in [1.54, 1.807) is 0 Å². The van der Waals surface area contributed by atoms with Crippen molar-refractivity contribution in [2.45, 2.75) is 52.5 Å². The van der Waals surface area contributed by atoms with Crippen LogP contribution in [0.15, 0.2) is 47.5 Å². The molecule has 126 valence electrons. The van der Waals surface area contributed by atoms with Crippen molar-refractivity contribution in [1.29, 1.82) is 0 Å². The highest BCUT2D eigenvalue weighted by atomic mass is 15.2. The van der Waals surface area contributed by atoms with Crippen LogP contribution < -0.4 is 4.90 Å². The monoisotopic (exact) mass is 320 g/mol. The Balaban J connectivity index is 2.01. The molecule has 2 aromatic rings. The molecule has 2 aromatic carbocycles. The zero-order chi connectivity index (χ0) is 17.3. The molecule has 1 aliphatic rings. The molecule has 1 aliphatic heterocycles. The highest BCUT2D eigenvalue weighted by Gasteiger charge is 2.35. The second kappa shape index (κ2) is 6.43. The van der Waals surface area contributed by atoms with Gasteiger partial charge in [0.15, 0.2) is 0 Å². The van der Waals surface area contributed by atoms with Gasteiger partial charge >= 0.3 is 0 Å². The number of aryl methyl sites for hydroxylation is 1. The van der Waals surface area contributed by atoms with Crippen molar-refractivity contribution in [2.24, 2.45) is 4.99 Å². The fraction of sp³-hybridized carbons (Fsp3) is 0.409. The second-order valence-electron chi connectivity index (χ2n) is 7.52. The zero-order valence-corrected chi connectivity index (χ0v) is 15.5. The summed E-state index contributed by atoms with van der Waals surface area (Å²) < 4.78 is 0. The minimum absolute atomic E-state index is 0.216. The number of hydrogen-bond donors (Lipinski definition) is 0. The SMILES string of the molecule is CCN1c2cc(C)c(C=Nc3ccccc3)cc2[C@@H](C)CC1(C)C. The van der Waals surface area contributed by atoms with Gasteiger partial charge in [-0.05, 0) is 81.0 Å². The summed E-state index contributed by atoms with van der Waals surface area (Å²) in [4.78, 5) is 7.19. The molecule has 24 heavy (non-hydrogen) atoms. The van der Waals surface area contributed by atoms with Crippen LogP contribution in [0.25, 0.3) is 0 Å². The van der Waals surface area contributed by atoms with Crippen molar-refractivity contribution in [3.8, 4) is 0 Å². The van der Waals surface area contributed by atoms with Crippen LogP contribution in [0.5, 0.6) is 0 Å². The van der Waals surface area contributed by atoms with E-state index in [1.165, 1.54) is 28.8 Å². The molecule has 0 spiro atoms. The molecule has 2 heteroatoms. The third-order valence-corrected chi connectivity index (χ3v) is 5.20. The summed E-state index contributed by atoms with van der Waals surface area (Å²) in [6.45, 7) is 12.5. The highest BCUT2D eigenvalue weighted by Crippen LogP contribution is 2.44. The summed E-state index contributed by atoms with van der Waals surface area (Å²) >= 11 is 0. The summed E-state index contributed by atoms with van der Waals surface area (Å²) in [6.07, 6.45) is 3.19. The molecule has 0 saturated heterocycles. The number of anilines is 1. The first-order valence-electron chi connectivity index (χ1n) is 8.93. The number of fused-ring (bicyclic) bond motifs is 1. The smallest absolute Gasteiger partial charge is 0.0629 e. The number of benzene rings is 2. The first-order chi connectivity index (χ1) is 11.4. The minimum atomic E-state index is 0.216. The van der Waals surface area contributed by atoms with E-state index in [2.05, 4.69) is 56.6 Å². The van der Waals surface area contributed by atoms with Crippen LogP contribution in [0.2, 0.25) is 0 Å². The third-order valence-electron chi connectivity index (χ3n) is 5.20. The van der Waals surface area contributed by atoms with Crippen molar-refractivity contribution in [1.82, 2.24) is 0 Å². The van der Waals surface area contributed by atoms with Gasteiger partial charge < -0.3 is 4.90 Å². The van der Waals surface area contributed by atoms with Gasteiger partial charge in [-0.1, -0.05) is 25.1 Å². The Morgan fingerprint density at radius 3 is 2.58 bits per heavy atom. The van der Waals surface area contributed by atoms with Crippen LogP contribution in [0.3, 0.4) is 0 Å². The number of aliphatic imine (C=N–C) groups is 1. The Hall–Kier alpha value is -2.09. The number of rotatable bonds is 3. The molecule has 1 atom stereocenters. The Bertz CT molecular complexity index is 744. The molecule has 0 saturated carbocycles. The lowest BCUT2D eigenvalue weighted by molar-refractivity contribution is 0.381. The number of hydrogen-bond acceptors (Lipinski definition) is 2. The van der Waals surface area contributed by atoms with Gasteiger partial charge in [0, 0.05) is 24.0 Å². The van der Waals surface area contributed by atoms with Crippen molar-refractivity contribution in [3.63, 3.8) is 0 Å². The standard InChI is InChI=1S/C22H28N2/c1-6-24-21-12-16(2)18(15-23-19-10-8-7-9-11-19)13-20(21)17(3)14-22(24,4)5/h7-13,15,17H,6,14H2,1-5H3/t17-/m0/s1. The third kappa shape index (κ3) is 3.10. The Labute approximate surface area is 146 Å². The maximum Gasteiger partial charge on any atom is 0.0629 e. The molecule has 3 rings (SSSR count). The van der Waals surface area contributed by atoms with Gasteiger partial charge in [0.1, 0.15) is 0 Å². The Kier molecular flexibility index (Phi) is 4.49. The van der Waals surface area contributed by atoms with Crippen molar-refractivity contribution >= 4 is 17.6 Å². The molecule has 0 aromatic heterocycles. The van der Waals surface area contributed by atoms with Crippen LogP contribution in [-0.2, 0) is 0 Å². The molecule has 0 N–H and O–H groups in total. The Morgan fingerprint density at radius 1 is 1.21 bits per heavy atom. The number of para-hydroxylation sites is 1. The van der Waals surface area contributed by atoms with Gasteiger partial charge in [0.25, 0.3) is 0 Å². The number of nitrogens with zero attached hydrogens (tertiary/aromatic N) is 2. The fourth-order valence-corrected chi connectivity index (χ4v) is 4.05.